The van der Waals surface area contributed by atoms with Gasteiger partial charge in [-0.25, -0.2) is 0 Å². The average Bonchev–Trinajstić information content (AvgIpc) is 2.99. The molecule has 0 spiro atoms. The van der Waals surface area contributed by atoms with Gasteiger partial charge in [0.15, 0.2) is 0 Å². The number of hydrogen-bond acceptors (Lipinski definition) is 4. The fourth-order valence-corrected chi connectivity index (χ4v) is 4.37. The highest BCUT2D eigenvalue weighted by molar-refractivity contribution is 7.10. The van der Waals surface area contributed by atoms with Gasteiger partial charge in [-0.2, -0.15) is 0 Å². The molecule has 0 aromatic carbocycles. The van der Waals surface area contributed by atoms with Crippen molar-refractivity contribution in [3.63, 3.8) is 0 Å². The minimum atomic E-state index is 0.104. The molecule has 3 unspecified atom stereocenters. The number of nitrogens with two attached hydrogens (primary N) is 1. The van der Waals surface area contributed by atoms with Crippen LogP contribution in [-0.2, 0) is 4.79 Å². The smallest absolute Gasteiger partial charge is 0.234 e. The monoisotopic (exact) mass is 293 g/mol. The summed E-state index contributed by atoms with van der Waals surface area (Å²) in [6.07, 6.45) is 4.49. The number of carbonyl (C=O) groups is 1. The standard InChI is InChI=1S/C15H23N3OS/c1-10(14-3-2-6-20-14)17-15(19)9-18-12-4-5-13(18)8-11(16)7-12/h2-3,6,10-13H,4-5,7-9,16H2,1H3,(H,17,19). The van der Waals surface area contributed by atoms with Crippen LogP contribution >= 0.6 is 11.3 Å². The summed E-state index contributed by atoms with van der Waals surface area (Å²) in [5.41, 5.74) is 6.07. The Morgan fingerprint density at radius 1 is 1.50 bits per heavy atom. The third kappa shape index (κ3) is 2.90. The second-order valence-corrected chi connectivity index (χ2v) is 7.07. The van der Waals surface area contributed by atoms with Crippen LogP contribution in [0.5, 0.6) is 0 Å². The molecular formula is C15H23N3OS. The summed E-state index contributed by atoms with van der Waals surface area (Å²) in [7, 11) is 0. The van der Waals surface area contributed by atoms with Gasteiger partial charge in [-0.3, -0.25) is 9.69 Å². The highest BCUT2D eigenvalue weighted by Crippen LogP contribution is 2.34. The first-order chi connectivity index (χ1) is 9.63. The molecule has 1 amide bonds. The van der Waals surface area contributed by atoms with E-state index in [4.69, 9.17) is 5.73 Å². The summed E-state index contributed by atoms with van der Waals surface area (Å²) in [5, 5.41) is 5.15. The number of hydrogen-bond donors (Lipinski definition) is 2. The van der Waals surface area contributed by atoms with E-state index >= 15 is 0 Å². The summed E-state index contributed by atoms with van der Waals surface area (Å²) in [4.78, 5) is 15.8. The van der Waals surface area contributed by atoms with Gasteiger partial charge in [0.2, 0.25) is 5.91 Å². The highest BCUT2D eigenvalue weighted by Gasteiger charge is 2.40. The van der Waals surface area contributed by atoms with Gasteiger partial charge in [0, 0.05) is 23.0 Å². The first-order valence-corrected chi connectivity index (χ1v) is 8.35. The van der Waals surface area contributed by atoms with Gasteiger partial charge in [0.05, 0.1) is 12.6 Å². The Morgan fingerprint density at radius 3 is 2.80 bits per heavy atom. The number of thiophene rings is 1. The summed E-state index contributed by atoms with van der Waals surface area (Å²) >= 11 is 1.69. The molecule has 1 aromatic rings. The van der Waals surface area contributed by atoms with Crippen molar-refractivity contribution in [3.8, 4) is 0 Å². The number of carbonyl (C=O) groups excluding carboxylic acids is 1. The summed E-state index contributed by atoms with van der Waals surface area (Å²) in [6.45, 7) is 2.57. The second-order valence-electron chi connectivity index (χ2n) is 6.09. The molecule has 4 nitrogen and oxygen atoms in total. The molecule has 2 aliphatic rings. The predicted molar refractivity (Wildman–Crippen MR) is 81.6 cm³/mol. The Balaban J connectivity index is 1.54. The Morgan fingerprint density at radius 2 is 2.20 bits per heavy atom. The van der Waals surface area contributed by atoms with Crippen molar-refractivity contribution in [1.29, 1.82) is 0 Å². The second kappa shape index (κ2) is 5.84. The molecule has 3 N–H and O–H groups in total. The molecule has 2 fully saturated rings. The molecule has 1 aromatic heterocycles. The lowest BCUT2D eigenvalue weighted by Crippen LogP contribution is -2.51. The minimum absolute atomic E-state index is 0.104. The van der Waals surface area contributed by atoms with Crippen LogP contribution in [0.4, 0.5) is 0 Å². The Hall–Kier alpha value is -0.910. The van der Waals surface area contributed by atoms with Gasteiger partial charge in [-0.1, -0.05) is 6.07 Å². The normalized spacial score (nSPS) is 31.2. The van der Waals surface area contributed by atoms with Crippen LogP contribution < -0.4 is 11.1 Å². The number of nitrogens with one attached hydrogen (secondary N) is 1. The van der Waals surface area contributed by atoms with Crippen molar-refractivity contribution < 1.29 is 4.79 Å². The Kier molecular flexibility index (Phi) is 4.10. The summed E-state index contributed by atoms with van der Waals surface area (Å²) in [6, 6.07) is 5.57. The Bertz CT molecular complexity index is 448. The third-order valence-corrected chi connectivity index (χ3v) is 5.65. The molecule has 0 saturated carbocycles. The van der Waals surface area contributed by atoms with Crippen molar-refractivity contribution in [2.75, 3.05) is 6.54 Å². The van der Waals surface area contributed by atoms with E-state index in [2.05, 4.69) is 16.3 Å². The zero-order chi connectivity index (χ0) is 14.1. The average molecular weight is 293 g/mol. The first-order valence-electron chi connectivity index (χ1n) is 7.47. The molecule has 2 bridgehead atoms. The molecule has 3 atom stereocenters. The number of fused-ring (bicyclic) bond motifs is 2. The van der Waals surface area contributed by atoms with E-state index in [1.165, 1.54) is 17.7 Å². The highest BCUT2D eigenvalue weighted by atomic mass is 32.1. The maximum absolute atomic E-state index is 12.2. The van der Waals surface area contributed by atoms with Gasteiger partial charge in [-0.15, -0.1) is 11.3 Å². The van der Waals surface area contributed by atoms with Gasteiger partial charge in [-0.05, 0) is 44.1 Å². The molecule has 20 heavy (non-hydrogen) atoms. The van der Waals surface area contributed by atoms with Crippen molar-refractivity contribution >= 4 is 17.2 Å². The fraction of sp³-hybridized carbons (Fsp3) is 0.667. The van der Waals surface area contributed by atoms with E-state index < -0.39 is 0 Å². The van der Waals surface area contributed by atoms with Gasteiger partial charge in [0.25, 0.3) is 0 Å². The number of nitrogens with zero attached hydrogens (tertiary/aromatic N) is 1. The van der Waals surface area contributed by atoms with Crippen LogP contribution in [0.15, 0.2) is 17.5 Å². The Labute approximate surface area is 124 Å². The van der Waals surface area contributed by atoms with Crippen LogP contribution in [0.1, 0.15) is 43.5 Å². The van der Waals surface area contributed by atoms with Crippen LogP contribution in [0.2, 0.25) is 0 Å². The van der Waals surface area contributed by atoms with Crippen LogP contribution in [0.25, 0.3) is 0 Å². The van der Waals surface area contributed by atoms with Crippen molar-refractivity contribution in [3.05, 3.63) is 22.4 Å². The molecule has 2 saturated heterocycles. The van der Waals surface area contributed by atoms with Gasteiger partial charge >= 0.3 is 0 Å². The lowest BCUT2D eigenvalue weighted by Gasteiger charge is -2.37. The SMILES string of the molecule is CC(NC(=O)CN1C2CCC1CC(N)C2)c1cccs1. The van der Waals surface area contributed by atoms with Crippen molar-refractivity contribution in [2.24, 2.45) is 5.73 Å². The molecule has 110 valence electrons. The molecular weight excluding hydrogens is 270 g/mol. The largest absolute Gasteiger partial charge is 0.348 e. The van der Waals surface area contributed by atoms with Gasteiger partial charge < -0.3 is 11.1 Å². The predicted octanol–water partition coefficient (Wildman–Crippen LogP) is 1.88. The molecule has 0 radical (unpaired) electrons. The molecule has 0 aliphatic carbocycles. The van der Waals surface area contributed by atoms with Gasteiger partial charge in [0.1, 0.15) is 0 Å². The van der Waals surface area contributed by atoms with Crippen molar-refractivity contribution in [2.45, 2.75) is 56.8 Å². The molecule has 3 rings (SSSR count). The minimum Gasteiger partial charge on any atom is -0.348 e. The molecule has 2 aliphatic heterocycles. The van der Waals surface area contributed by atoms with Crippen LogP contribution in [0.3, 0.4) is 0 Å². The number of rotatable bonds is 4. The van der Waals surface area contributed by atoms with E-state index in [0.29, 0.717) is 24.7 Å². The van der Waals surface area contributed by atoms with E-state index in [9.17, 15) is 4.79 Å². The molecule has 5 heteroatoms. The van der Waals surface area contributed by atoms with Crippen LogP contribution in [0, 0.1) is 0 Å². The van der Waals surface area contributed by atoms with Crippen molar-refractivity contribution in [1.82, 2.24) is 10.2 Å². The van der Waals surface area contributed by atoms with E-state index in [1.807, 2.05) is 18.4 Å². The number of piperidine rings is 1. The lowest BCUT2D eigenvalue weighted by atomic mass is 9.98. The molecule has 3 heterocycles. The zero-order valence-electron chi connectivity index (χ0n) is 11.9. The van der Waals surface area contributed by atoms with E-state index in [0.717, 1.165) is 12.8 Å². The van der Waals surface area contributed by atoms with Crippen LogP contribution in [-0.4, -0.2) is 35.5 Å². The topological polar surface area (TPSA) is 58.4 Å². The first kappa shape index (κ1) is 14.0. The summed E-state index contributed by atoms with van der Waals surface area (Å²) in [5.74, 6) is 0.137. The third-order valence-electron chi connectivity index (χ3n) is 4.59. The van der Waals surface area contributed by atoms with E-state index in [-0.39, 0.29) is 11.9 Å². The zero-order valence-corrected chi connectivity index (χ0v) is 12.7. The maximum Gasteiger partial charge on any atom is 0.234 e. The van der Waals surface area contributed by atoms with E-state index in [1.54, 1.807) is 11.3 Å². The fourth-order valence-electron chi connectivity index (χ4n) is 3.64. The lowest BCUT2D eigenvalue weighted by molar-refractivity contribution is -0.124. The summed E-state index contributed by atoms with van der Waals surface area (Å²) < 4.78 is 0. The number of amides is 1. The maximum atomic E-state index is 12.2. The quantitative estimate of drug-likeness (QED) is 0.891.